The second-order valence-electron chi connectivity index (χ2n) is 4.76. The highest BCUT2D eigenvalue weighted by molar-refractivity contribution is 5.90. The van der Waals surface area contributed by atoms with E-state index in [9.17, 15) is 4.79 Å². The molecule has 4 nitrogen and oxygen atoms in total. The number of aromatic nitrogens is 1. The van der Waals surface area contributed by atoms with E-state index in [0.717, 1.165) is 17.9 Å². The Hall–Kier alpha value is -3.24. The number of ether oxygens (including phenoxy) is 1. The third-order valence-electron chi connectivity index (χ3n) is 2.89. The van der Waals surface area contributed by atoms with Gasteiger partial charge in [-0.3, -0.25) is 0 Å². The van der Waals surface area contributed by atoms with Crippen LogP contribution in [0.4, 0.5) is 5.69 Å². The molecule has 1 aromatic heterocycles. The zero-order valence-corrected chi connectivity index (χ0v) is 13.5. The first-order chi connectivity index (χ1) is 11.8. The summed E-state index contributed by atoms with van der Waals surface area (Å²) in [7, 11) is 0. The molecule has 0 aliphatic rings. The molecule has 0 saturated heterocycles. The van der Waals surface area contributed by atoms with Crippen molar-refractivity contribution in [3.8, 4) is 29.4 Å². The van der Waals surface area contributed by atoms with Crippen LogP contribution in [0.15, 0.2) is 48.7 Å². The number of nitrogens with zero attached hydrogens (tertiary/aromatic N) is 1. The van der Waals surface area contributed by atoms with Gasteiger partial charge in [0, 0.05) is 37.2 Å². The number of hydrogen-bond acceptors (Lipinski definition) is 4. The molecule has 0 fully saturated rings. The van der Waals surface area contributed by atoms with E-state index in [1.807, 2.05) is 37.3 Å². The maximum Gasteiger partial charge on any atom is 0.389 e. The van der Waals surface area contributed by atoms with Gasteiger partial charge < -0.3 is 10.1 Å². The number of anilines is 1. The minimum absolute atomic E-state index is 0.478. The smallest absolute Gasteiger partial charge is 0.389 e. The first kappa shape index (κ1) is 17.1. The Balaban J connectivity index is 1.76. The number of carbonyl (C=O) groups excluding carboxylic acids is 1. The summed E-state index contributed by atoms with van der Waals surface area (Å²) < 4.78 is 5.09. The molecule has 1 aromatic carbocycles. The fraction of sp³-hybridized carbons (Fsp3) is 0.200. The van der Waals surface area contributed by atoms with Crippen LogP contribution in [0, 0.1) is 23.7 Å². The zero-order valence-electron chi connectivity index (χ0n) is 13.5. The molecule has 1 heterocycles. The molecule has 0 bridgehead atoms. The van der Waals surface area contributed by atoms with Gasteiger partial charge in [0.1, 0.15) is 11.4 Å². The first-order valence-corrected chi connectivity index (χ1v) is 7.72. The van der Waals surface area contributed by atoms with E-state index < -0.39 is 5.97 Å². The maximum absolute atomic E-state index is 11.4. The van der Waals surface area contributed by atoms with Crippen molar-refractivity contribution in [2.45, 2.75) is 19.8 Å². The van der Waals surface area contributed by atoms with E-state index in [0.29, 0.717) is 18.6 Å². The summed E-state index contributed by atoms with van der Waals surface area (Å²) in [5, 5.41) is 3.25. The van der Waals surface area contributed by atoms with Crippen molar-refractivity contribution in [2.24, 2.45) is 0 Å². The first-order valence-electron chi connectivity index (χ1n) is 7.72. The van der Waals surface area contributed by atoms with Crippen LogP contribution < -0.4 is 10.1 Å². The predicted octanol–water partition coefficient (Wildman–Crippen LogP) is 3.25. The number of nitrogens with one attached hydrogen (secondary N) is 1. The molecular formula is C20H18N2O2. The van der Waals surface area contributed by atoms with E-state index in [-0.39, 0.29) is 0 Å². The van der Waals surface area contributed by atoms with Gasteiger partial charge in [-0.25, -0.2) is 9.78 Å². The lowest BCUT2D eigenvalue weighted by atomic mass is 10.3. The minimum atomic E-state index is -0.539. The molecule has 0 atom stereocenters. The maximum atomic E-state index is 11.4. The highest BCUT2D eigenvalue weighted by atomic mass is 16.5. The molecule has 0 spiro atoms. The third kappa shape index (κ3) is 6.25. The summed E-state index contributed by atoms with van der Waals surface area (Å²) in [6.45, 7) is 2.60. The van der Waals surface area contributed by atoms with Gasteiger partial charge >= 0.3 is 5.97 Å². The van der Waals surface area contributed by atoms with E-state index in [1.54, 1.807) is 18.3 Å². The number of carbonyl (C=O) groups is 1. The van der Waals surface area contributed by atoms with E-state index in [1.165, 1.54) is 0 Å². The summed E-state index contributed by atoms with van der Waals surface area (Å²) in [4.78, 5) is 15.5. The standard InChI is InChI=1S/C20H18N2O2/c1-2-3-10-20(23)24-19-13-11-18(12-14-19)22-16-7-5-9-17-8-4-6-15-21-17/h4,6,8,11-15,22H,2,7,16H2,1H3. The van der Waals surface area contributed by atoms with Crippen LogP contribution in [0.1, 0.15) is 25.5 Å². The SMILES string of the molecule is CCC#CC(=O)Oc1ccc(NCCC#Cc2ccccn2)cc1. The Morgan fingerprint density at radius 3 is 2.71 bits per heavy atom. The van der Waals surface area contributed by atoms with Crippen LogP contribution in [0.25, 0.3) is 0 Å². The molecule has 0 radical (unpaired) electrons. The molecule has 2 aromatic rings. The number of esters is 1. The second-order valence-corrected chi connectivity index (χ2v) is 4.76. The van der Waals surface area contributed by atoms with Gasteiger partial charge in [0.05, 0.1) is 0 Å². The summed E-state index contributed by atoms with van der Waals surface area (Å²) in [5.41, 5.74) is 1.71. The number of rotatable bonds is 4. The number of benzene rings is 1. The van der Waals surface area contributed by atoms with Gasteiger partial charge in [-0.2, -0.15) is 0 Å². The normalized spacial score (nSPS) is 9.04. The average molecular weight is 318 g/mol. The monoisotopic (exact) mass is 318 g/mol. The largest absolute Gasteiger partial charge is 0.417 e. The summed E-state index contributed by atoms with van der Waals surface area (Å²) in [6, 6.07) is 12.8. The zero-order chi connectivity index (χ0) is 17.0. The van der Waals surface area contributed by atoms with Crippen molar-refractivity contribution >= 4 is 11.7 Å². The van der Waals surface area contributed by atoms with E-state index in [4.69, 9.17) is 4.74 Å². The molecule has 0 aliphatic carbocycles. The average Bonchev–Trinajstić information content (AvgIpc) is 2.62. The van der Waals surface area contributed by atoms with Crippen molar-refractivity contribution in [2.75, 3.05) is 11.9 Å². The lowest BCUT2D eigenvalue weighted by Gasteiger charge is -2.05. The highest BCUT2D eigenvalue weighted by Gasteiger charge is 2.00. The van der Waals surface area contributed by atoms with Crippen LogP contribution in [0.5, 0.6) is 5.75 Å². The molecule has 1 N–H and O–H groups in total. The van der Waals surface area contributed by atoms with Crippen LogP contribution in [0.3, 0.4) is 0 Å². The van der Waals surface area contributed by atoms with Gasteiger partial charge in [-0.1, -0.05) is 24.8 Å². The molecule has 120 valence electrons. The molecule has 4 heteroatoms. The Morgan fingerprint density at radius 2 is 2.00 bits per heavy atom. The van der Waals surface area contributed by atoms with Crippen LogP contribution >= 0.6 is 0 Å². The highest BCUT2D eigenvalue weighted by Crippen LogP contribution is 2.15. The Labute approximate surface area is 142 Å². The van der Waals surface area contributed by atoms with Crippen molar-refractivity contribution in [1.29, 1.82) is 0 Å². The Morgan fingerprint density at radius 1 is 1.17 bits per heavy atom. The van der Waals surface area contributed by atoms with Crippen molar-refractivity contribution in [3.63, 3.8) is 0 Å². The molecule has 0 amide bonds. The fourth-order valence-corrected chi connectivity index (χ4v) is 1.79. The van der Waals surface area contributed by atoms with E-state index in [2.05, 4.69) is 34.0 Å². The predicted molar refractivity (Wildman–Crippen MR) is 94.4 cm³/mol. The van der Waals surface area contributed by atoms with Crippen molar-refractivity contribution in [1.82, 2.24) is 4.98 Å². The molecule has 24 heavy (non-hydrogen) atoms. The molecular weight excluding hydrogens is 300 g/mol. The van der Waals surface area contributed by atoms with Gasteiger partial charge in [0.15, 0.2) is 0 Å². The summed E-state index contributed by atoms with van der Waals surface area (Å²) in [6.07, 6.45) is 3.06. The molecule has 0 unspecified atom stereocenters. The molecule has 0 aliphatic heterocycles. The van der Waals surface area contributed by atoms with Crippen LogP contribution in [-0.4, -0.2) is 17.5 Å². The van der Waals surface area contributed by atoms with Crippen LogP contribution in [-0.2, 0) is 4.79 Å². The van der Waals surface area contributed by atoms with Gasteiger partial charge in [0.2, 0.25) is 0 Å². The quantitative estimate of drug-likeness (QED) is 0.309. The van der Waals surface area contributed by atoms with Gasteiger partial charge in [-0.05, 0) is 42.3 Å². The van der Waals surface area contributed by atoms with Crippen molar-refractivity contribution < 1.29 is 9.53 Å². The second kappa shape index (κ2) is 9.71. The lowest BCUT2D eigenvalue weighted by Crippen LogP contribution is -2.05. The molecule has 0 saturated carbocycles. The van der Waals surface area contributed by atoms with Gasteiger partial charge in [0.25, 0.3) is 0 Å². The topological polar surface area (TPSA) is 51.2 Å². The Bertz CT molecular complexity index is 776. The van der Waals surface area contributed by atoms with Crippen molar-refractivity contribution in [3.05, 3.63) is 54.4 Å². The lowest BCUT2D eigenvalue weighted by molar-refractivity contribution is -0.128. The number of pyridine rings is 1. The number of hydrogen-bond donors (Lipinski definition) is 1. The fourth-order valence-electron chi connectivity index (χ4n) is 1.79. The van der Waals surface area contributed by atoms with Gasteiger partial charge in [-0.15, -0.1) is 0 Å². The Kier molecular flexibility index (Phi) is 6.93. The van der Waals surface area contributed by atoms with E-state index >= 15 is 0 Å². The van der Waals surface area contributed by atoms with Crippen LogP contribution in [0.2, 0.25) is 0 Å². The third-order valence-corrected chi connectivity index (χ3v) is 2.89. The molecule has 2 rings (SSSR count). The summed E-state index contributed by atoms with van der Waals surface area (Å²) >= 11 is 0. The minimum Gasteiger partial charge on any atom is -0.417 e. The summed E-state index contributed by atoms with van der Waals surface area (Å²) in [5.74, 6) is 11.1.